The Hall–Kier alpha value is -0.240. The first-order valence-electron chi connectivity index (χ1n) is 4.89. The van der Waals surface area contributed by atoms with Gasteiger partial charge in [0, 0.05) is 16.1 Å². The van der Waals surface area contributed by atoms with Crippen LogP contribution in [0.3, 0.4) is 0 Å². The highest BCUT2D eigenvalue weighted by molar-refractivity contribution is 6.33. The predicted octanol–water partition coefficient (Wildman–Crippen LogP) is 3.79. The van der Waals surface area contributed by atoms with Crippen molar-refractivity contribution in [2.24, 2.45) is 11.7 Å². The fourth-order valence-corrected chi connectivity index (χ4v) is 2.25. The van der Waals surface area contributed by atoms with Crippen LogP contribution < -0.4 is 5.73 Å². The van der Waals surface area contributed by atoms with Gasteiger partial charge in [0.15, 0.2) is 0 Å². The van der Waals surface area contributed by atoms with Crippen LogP contribution in [-0.2, 0) is 0 Å². The van der Waals surface area contributed by atoms with Gasteiger partial charge in [0.05, 0.1) is 0 Å². The van der Waals surface area contributed by atoms with Crippen LogP contribution in [0.25, 0.3) is 0 Å². The molecule has 2 rings (SSSR count). The van der Waals surface area contributed by atoms with Crippen LogP contribution in [-0.4, -0.2) is 0 Å². The predicted molar refractivity (Wildman–Crippen MR) is 60.7 cm³/mol. The largest absolute Gasteiger partial charge is 0.324 e. The van der Waals surface area contributed by atoms with Crippen LogP contribution >= 0.6 is 23.2 Å². The highest BCUT2D eigenvalue weighted by atomic mass is 35.5. The van der Waals surface area contributed by atoms with Crippen molar-refractivity contribution >= 4 is 23.2 Å². The molecule has 14 heavy (non-hydrogen) atoms. The van der Waals surface area contributed by atoms with Crippen LogP contribution in [0.1, 0.15) is 30.9 Å². The van der Waals surface area contributed by atoms with Gasteiger partial charge in [-0.3, -0.25) is 0 Å². The van der Waals surface area contributed by atoms with Crippen molar-refractivity contribution in [2.45, 2.75) is 25.3 Å². The molecule has 0 amide bonds. The molecule has 0 heterocycles. The summed E-state index contributed by atoms with van der Waals surface area (Å²) in [4.78, 5) is 0. The fraction of sp³-hybridized carbons (Fsp3) is 0.455. The molecule has 1 fully saturated rings. The maximum absolute atomic E-state index is 6.13. The van der Waals surface area contributed by atoms with Crippen LogP contribution in [0.5, 0.6) is 0 Å². The van der Waals surface area contributed by atoms with E-state index in [4.69, 9.17) is 28.9 Å². The fourth-order valence-electron chi connectivity index (χ4n) is 1.82. The first-order valence-corrected chi connectivity index (χ1v) is 5.64. The van der Waals surface area contributed by atoms with Gasteiger partial charge >= 0.3 is 0 Å². The van der Waals surface area contributed by atoms with Gasteiger partial charge in [-0.05, 0) is 42.5 Å². The molecule has 1 nitrogen and oxygen atoms in total. The van der Waals surface area contributed by atoms with Gasteiger partial charge in [-0.2, -0.15) is 0 Å². The Morgan fingerprint density at radius 3 is 2.57 bits per heavy atom. The number of nitrogens with two attached hydrogens (primary N) is 1. The Kier molecular flexibility index (Phi) is 3.01. The third kappa shape index (κ3) is 1.90. The molecule has 1 aromatic rings. The van der Waals surface area contributed by atoms with Crippen LogP contribution in [0, 0.1) is 5.92 Å². The van der Waals surface area contributed by atoms with Crippen molar-refractivity contribution in [3.8, 4) is 0 Å². The molecule has 2 N–H and O–H groups in total. The zero-order chi connectivity index (χ0) is 10.1. The number of halogens is 2. The maximum Gasteiger partial charge on any atom is 0.0454 e. The highest BCUT2D eigenvalue weighted by Gasteiger charge is 2.26. The molecule has 0 saturated heterocycles. The van der Waals surface area contributed by atoms with Crippen molar-refractivity contribution in [3.63, 3.8) is 0 Å². The lowest BCUT2D eigenvalue weighted by Crippen LogP contribution is -2.27. The van der Waals surface area contributed by atoms with E-state index in [0.29, 0.717) is 10.9 Å². The molecule has 0 bridgehead atoms. The molecule has 1 unspecified atom stereocenters. The lowest BCUT2D eigenvalue weighted by atomic mass is 9.77. The average Bonchev–Trinajstić information content (AvgIpc) is 2.06. The van der Waals surface area contributed by atoms with Crippen LogP contribution in [0.2, 0.25) is 10.0 Å². The van der Waals surface area contributed by atoms with E-state index in [1.807, 2.05) is 12.1 Å². The zero-order valence-electron chi connectivity index (χ0n) is 7.84. The van der Waals surface area contributed by atoms with E-state index >= 15 is 0 Å². The van der Waals surface area contributed by atoms with E-state index in [1.165, 1.54) is 19.3 Å². The first kappa shape index (κ1) is 10.3. The summed E-state index contributed by atoms with van der Waals surface area (Å²) in [5.74, 6) is 0.589. The minimum Gasteiger partial charge on any atom is -0.324 e. The molecule has 3 heteroatoms. The molecule has 1 aliphatic rings. The summed E-state index contributed by atoms with van der Waals surface area (Å²) < 4.78 is 0. The van der Waals surface area contributed by atoms with E-state index in [9.17, 15) is 0 Å². The molecule has 1 aliphatic carbocycles. The van der Waals surface area contributed by atoms with E-state index in [2.05, 4.69) is 0 Å². The normalized spacial score (nSPS) is 19.1. The minimum absolute atomic E-state index is 0.0509. The Bertz CT molecular complexity index is 334. The summed E-state index contributed by atoms with van der Waals surface area (Å²) in [6.07, 6.45) is 3.71. The lowest BCUT2D eigenvalue weighted by molar-refractivity contribution is 0.264. The molecule has 1 atom stereocenters. The third-order valence-corrected chi connectivity index (χ3v) is 3.55. The van der Waals surface area contributed by atoms with Gasteiger partial charge in [-0.1, -0.05) is 29.6 Å². The van der Waals surface area contributed by atoms with Gasteiger partial charge in [0.25, 0.3) is 0 Å². The number of hydrogen-bond donors (Lipinski definition) is 1. The number of rotatable bonds is 2. The lowest BCUT2D eigenvalue weighted by Gasteiger charge is -2.31. The van der Waals surface area contributed by atoms with E-state index in [-0.39, 0.29) is 6.04 Å². The van der Waals surface area contributed by atoms with Gasteiger partial charge in [0.1, 0.15) is 0 Å². The monoisotopic (exact) mass is 229 g/mol. The summed E-state index contributed by atoms with van der Waals surface area (Å²) >= 11 is 12.0. The molecule has 1 aromatic carbocycles. The van der Waals surface area contributed by atoms with Gasteiger partial charge in [-0.25, -0.2) is 0 Å². The molecule has 0 aliphatic heterocycles. The Balaban J connectivity index is 2.24. The second-order valence-electron chi connectivity index (χ2n) is 3.88. The van der Waals surface area contributed by atoms with Crippen molar-refractivity contribution < 1.29 is 0 Å². The third-order valence-electron chi connectivity index (χ3n) is 2.97. The highest BCUT2D eigenvalue weighted by Crippen LogP contribution is 2.38. The number of benzene rings is 1. The second kappa shape index (κ2) is 4.09. The molecule has 0 spiro atoms. The van der Waals surface area contributed by atoms with Gasteiger partial charge in [0.2, 0.25) is 0 Å². The quantitative estimate of drug-likeness (QED) is 0.821. The summed E-state index contributed by atoms with van der Waals surface area (Å²) in [6.45, 7) is 0. The van der Waals surface area contributed by atoms with Crippen LogP contribution in [0.4, 0.5) is 0 Å². The maximum atomic E-state index is 6.13. The minimum atomic E-state index is 0.0509. The van der Waals surface area contributed by atoms with Crippen LogP contribution in [0.15, 0.2) is 18.2 Å². The molecular formula is C11H13Cl2N. The smallest absolute Gasteiger partial charge is 0.0454 e. The summed E-state index contributed by atoms with van der Waals surface area (Å²) in [5.41, 5.74) is 7.12. The van der Waals surface area contributed by atoms with Gasteiger partial charge < -0.3 is 5.73 Å². The molecule has 1 saturated carbocycles. The molecular weight excluding hydrogens is 217 g/mol. The molecule has 0 radical (unpaired) electrons. The molecule has 0 aromatic heterocycles. The SMILES string of the molecule is NC(c1cc(Cl)ccc1Cl)C1CCC1. The van der Waals surface area contributed by atoms with E-state index < -0.39 is 0 Å². The topological polar surface area (TPSA) is 26.0 Å². The Morgan fingerprint density at radius 1 is 1.29 bits per heavy atom. The summed E-state index contributed by atoms with van der Waals surface area (Å²) in [6, 6.07) is 5.54. The van der Waals surface area contributed by atoms with Crippen molar-refractivity contribution in [2.75, 3.05) is 0 Å². The zero-order valence-corrected chi connectivity index (χ0v) is 9.35. The molecule has 76 valence electrons. The van der Waals surface area contributed by atoms with Crippen molar-refractivity contribution in [3.05, 3.63) is 33.8 Å². The van der Waals surface area contributed by atoms with E-state index in [1.54, 1.807) is 6.07 Å². The van der Waals surface area contributed by atoms with Crippen molar-refractivity contribution in [1.82, 2.24) is 0 Å². The summed E-state index contributed by atoms with van der Waals surface area (Å²) in [7, 11) is 0. The Labute approximate surface area is 94.2 Å². The average molecular weight is 230 g/mol. The van der Waals surface area contributed by atoms with E-state index in [0.717, 1.165) is 10.6 Å². The van der Waals surface area contributed by atoms with Crippen molar-refractivity contribution in [1.29, 1.82) is 0 Å². The Morgan fingerprint density at radius 2 is 2.00 bits per heavy atom. The van der Waals surface area contributed by atoms with Gasteiger partial charge in [-0.15, -0.1) is 0 Å². The summed E-state index contributed by atoms with van der Waals surface area (Å²) in [5, 5.41) is 1.44. The first-order chi connectivity index (χ1) is 6.68. The second-order valence-corrected chi connectivity index (χ2v) is 4.73. The number of hydrogen-bond acceptors (Lipinski definition) is 1. The standard InChI is InChI=1S/C11H13Cl2N/c12-8-4-5-10(13)9(6-8)11(14)7-2-1-3-7/h4-7,11H,1-3,14H2.